The molecule has 1 atom stereocenters. The molecule has 0 amide bonds. The van der Waals surface area contributed by atoms with Gasteiger partial charge in [0.05, 0.1) is 0 Å². The molecular formula is C15H23N5. The molecule has 0 saturated heterocycles. The number of rotatable bonds is 6. The van der Waals surface area contributed by atoms with Gasteiger partial charge in [0, 0.05) is 17.8 Å². The Labute approximate surface area is 120 Å². The number of hydrogen-bond acceptors (Lipinski definition) is 4. The van der Waals surface area contributed by atoms with Crippen LogP contribution in [0.1, 0.15) is 19.7 Å². The fraction of sp³-hybridized carbons (Fsp3) is 0.467. The molecule has 1 aromatic carbocycles. The van der Waals surface area contributed by atoms with Gasteiger partial charge in [-0.1, -0.05) is 26.0 Å². The monoisotopic (exact) mass is 273 g/mol. The van der Waals surface area contributed by atoms with Crippen LogP contribution in [0.15, 0.2) is 24.3 Å². The summed E-state index contributed by atoms with van der Waals surface area (Å²) in [6.45, 7) is 7.88. The molecule has 0 aliphatic rings. The van der Waals surface area contributed by atoms with Crippen LogP contribution in [-0.2, 0) is 0 Å². The summed E-state index contributed by atoms with van der Waals surface area (Å²) in [6, 6.07) is 8.14. The number of aryl methyl sites for hydroxylation is 1. The Hall–Kier alpha value is -1.88. The van der Waals surface area contributed by atoms with Gasteiger partial charge in [0.1, 0.15) is 5.82 Å². The zero-order valence-corrected chi connectivity index (χ0v) is 12.4. The van der Waals surface area contributed by atoms with Gasteiger partial charge < -0.3 is 11.1 Å². The Morgan fingerprint density at radius 1 is 1.35 bits per heavy atom. The quantitative estimate of drug-likeness (QED) is 0.755. The predicted octanol–water partition coefficient (Wildman–Crippen LogP) is 2.42. The third-order valence-corrected chi connectivity index (χ3v) is 3.53. The number of nitrogens with one attached hydrogen (secondary N) is 2. The molecule has 0 spiro atoms. The van der Waals surface area contributed by atoms with E-state index in [1.54, 1.807) is 0 Å². The van der Waals surface area contributed by atoms with Crippen LogP contribution in [-0.4, -0.2) is 28.3 Å². The summed E-state index contributed by atoms with van der Waals surface area (Å²) in [5.74, 6) is 2.60. The maximum atomic E-state index is 5.80. The molecule has 0 aliphatic heterocycles. The van der Waals surface area contributed by atoms with Crippen LogP contribution in [0.3, 0.4) is 0 Å². The highest BCUT2D eigenvalue weighted by Gasteiger charge is 2.11. The van der Waals surface area contributed by atoms with Gasteiger partial charge in [0.25, 0.3) is 0 Å². The first kappa shape index (κ1) is 14.5. The Morgan fingerprint density at radius 3 is 2.75 bits per heavy atom. The summed E-state index contributed by atoms with van der Waals surface area (Å²) in [4.78, 5) is 4.35. The van der Waals surface area contributed by atoms with Crippen molar-refractivity contribution < 1.29 is 0 Å². The zero-order valence-electron chi connectivity index (χ0n) is 12.4. The van der Waals surface area contributed by atoms with Crippen LogP contribution in [0.4, 0.5) is 5.69 Å². The second kappa shape index (κ2) is 6.52. The van der Waals surface area contributed by atoms with E-state index >= 15 is 0 Å². The van der Waals surface area contributed by atoms with Crippen LogP contribution in [0, 0.1) is 18.8 Å². The Balaban J connectivity index is 2.06. The average molecular weight is 273 g/mol. The van der Waals surface area contributed by atoms with Crippen molar-refractivity contribution in [1.82, 2.24) is 15.2 Å². The maximum absolute atomic E-state index is 5.80. The van der Waals surface area contributed by atoms with Gasteiger partial charge in [-0.2, -0.15) is 5.10 Å². The van der Waals surface area contributed by atoms with E-state index < -0.39 is 0 Å². The van der Waals surface area contributed by atoms with Crippen molar-refractivity contribution in [2.24, 2.45) is 17.6 Å². The molecule has 0 bridgehead atoms. The fourth-order valence-corrected chi connectivity index (χ4v) is 2.08. The SMILES string of the molecule is Cc1nc(-c2cccc(NCC(CN)C(C)C)c2)n[nH]1. The molecule has 2 aromatic rings. The lowest BCUT2D eigenvalue weighted by Gasteiger charge is -2.20. The van der Waals surface area contributed by atoms with E-state index in [1.165, 1.54) is 0 Å². The van der Waals surface area contributed by atoms with Gasteiger partial charge >= 0.3 is 0 Å². The van der Waals surface area contributed by atoms with E-state index in [9.17, 15) is 0 Å². The van der Waals surface area contributed by atoms with E-state index in [2.05, 4.69) is 46.5 Å². The molecule has 1 unspecified atom stereocenters. The fourth-order valence-electron chi connectivity index (χ4n) is 2.08. The van der Waals surface area contributed by atoms with Crippen molar-refractivity contribution in [3.05, 3.63) is 30.1 Å². The molecule has 5 nitrogen and oxygen atoms in total. The highest BCUT2D eigenvalue weighted by molar-refractivity contribution is 5.62. The molecule has 1 aromatic heterocycles. The summed E-state index contributed by atoms with van der Waals surface area (Å²) < 4.78 is 0. The van der Waals surface area contributed by atoms with Crippen LogP contribution in [0.5, 0.6) is 0 Å². The molecule has 0 aliphatic carbocycles. The van der Waals surface area contributed by atoms with Crippen molar-refractivity contribution in [2.45, 2.75) is 20.8 Å². The Morgan fingerprint density at radius 2 is 2.15 bits per heavy atom. The Bertz CT molecular complexity index is 547. The molecular weight excluding hydrogens is 250 g/mol. The number of nitrogens with two attached hydrogens (primary N) is 1. The van der Waals surface area contributed by atoms with Gasteiger partial charge in [-0.05, 0) is 37.4 Å². The highest BCUT2D eigenvalue weighted by atomic mass is 15.2. The summed E-state index contributed by atoms with van der Waals surface area (Å²) >= 11 is 0. The lowest BCUT2D eigenvalue weighted by Crippen LogP contribution is -2.27. The van der Waals surface area contributed by atoms with Crippen LogP contribution >= 0.6 is 0 Å². The van der Waals surface area contributed by atoms with Gasteiger partial charge in [-0.3, -0.25) is 5.10 Å². The van der Waals surface area contributed by atoms with E-state index in [4.69, 9.17) is 5.73 Å². The first-order chi connectivity index (χ1) is 9.60. The minimum absolute atomic E-state index is 0.476. The summed E-state index contributed by atoms with van der Waals surface area (Å²) in [6.07, 6.45) is 0. The van der Waals surface area contributed by atoms with E-state index in [1.807, 2.05) is 19.1 Å². The highest BCUT2D eigenvalue weighted by Crippen LogP contribution is 2.20. The number of aromatic nitrogens is 3. The molecule has 4 N–H and O–H groups in total. The molecule has 108 valence electrons. The number of nitrogens with zero attached hydrogens (tertiary/aromatic N) is 2. The van der Waals surface area contributed by atoms with Crippen LogP contribution < -0.4 is 11.1 Å². The molecule has 0 fully saturated rings. The zero-order chi connectivity index (χ0) is 14.5. The number of benzene rings is 1. The number of H-pyrrole nitrogens is 1. The second-order valence-corrected chi connectivity index (χ2v) is 5.45. The third kappa shape index (κ3) is 3.57. The van der Waals surface area contributed by atoms with Gasteiger partial charge in [-0.25, -0.2) is 4.98 Å². The minimum Gasteiger partial charge on any atom is -0.385 e. The normalized spacial score (nSPS) is 12.7. The predicted molar refractivity (Wildman–Crippen MR) is 82.4 cm³/mol. The maximum Gasteiger partial charge on any atom is 0.181 e. The third-order valence-electron chi connectivity index (χ3n) is 3.53. The van der Waals surface area contributed by atoms with Gasteiger partial charge in [-0.15, -0.1) is 0 Å². The van der Waals surface area contributed by atoms with Crippen molar-refractivity contribution in [3.8, 4) is 11.4 Å². The first-order valence-electron chi connectivity index (χ1n) is 7.03. The molecule has 0 saturated carbocycles. The van der Waals surface area contributed by atoms with Crippen molar-refractivity contribution in [1.29, 1.82) is 0 Å². The lowest BCUT2D eigenvalue weighted by molar-refractivity contribution is 0.413. The molecule has 5 heteroatoms. The molecule has 2 rings (SSSR count). The number of hydrogen-bond donors (Lipinski definition) is 3. The van der Waals surface area contributed by atoms with Gasteiger partial charge in [0.2, 0.25) is 0 Å². The van der Waals surface area contributed by atoms with Crippen molar-refractivity contribution >= 4 is 5.69 Å². The number of aromatic amines is 1. The molecule has 1 heterocycles. The Kier molecular flexibility index (Phi) is 4.74. The largest absolute Gasteiger partial charge is 0.385 e. The standard InChI is InChI=1S/C15H23N5/c1-10(2)13(8-16)9-17-14-6-4-5-12(7-14)15-18-11(3)19-20-15/h4-7,10,13,17H,8-9,16H2,1-3H3,(H,18,19,20). The van der Waals surface area contributed by atoms with E-state index in [0.29, 0.717) is 18.4 Å². The summed E-state index contributed by atoms with van der Waals surface area (Å²) in [5.41, 5.74) is 7.88. The summed E-state index contributed by atoms with van der Waals surface area (Å²) in [5, 5.41) is 10.5. The van der Waals surface area contributed by atoms with Crippen LogP contribution in [0.25, 0.3) is 11.4 Å². The van der Waals surface area contributed by atoms with E-state index in [0.717, 1.165) is 29.4 Å². The minimum atomic E-state index is 0.476. The van der Waals surface area contributed by atoms with Crippen LogP contribution in [0.2, 0.25) is 0 Å². The smallest absolute Gasteiger partial charge is 0.181 e. The van der Waals surface area contributed by atoms with Gasteiger partial charge in [0.15, 0.2) is 5.82 Å². The second-order valence-electron chi connectivity index (χ2n) is 5.45. The molecule has 0 radical (unpaired) electrons. The lowest BCUT2D eigenvalue weighted by atomic mass is 9.96. The topological polar surface area (TPSA) is 79.6 Å². The van der Waals surface area contributed by atoms with E-state index in [-0.39, 0.29) is 0 Å². The number of anilines is 1. The summed E-state index contributed by atoms with van der Waals surface area (Å²) in [7, 11) is 0. The van der Waals surface area contributed by atoms with Crippen molar-refractivity contribution in [2.75, 3.05) is 18.4 Å². The van der Waals surface area contributed by atoms with Crippen molar-refractivity contribution in [3.63, 3.8) is 0 Å². The average Bonchev–Trinajstić information content (AvgIpc) is 2.86. The molecule has 20 heavy (non-hydrogen) atoms. The first-order valence-corrected chi connectivity index (χ1v) is 7.03.